The predicted molar refractivity (Wildman–Crippen MR) is 108 cm³/mol. The zero-order valence-electron chi connectivity index (χ0n) is 16.1. The molecule has 1 N–H and O–H groups in total. The number of carbonyl (C=O) groups excluding carboxylic acids is 1. The summed E-state index contributed by atoms with van der Waals surface area (Å²) in [5, 5.41) is 4.12. The van der Waals surface area contributed by atoms with Gasteiger partial charge in [0.1, 0.15) is 5.76 Å². The molecule has 0 saturated heterocycles. The summed E-state index contributed by atoms with van der Waals surface area (Å²) >= 11 is 0. The lowest BCUT2D eigenvalue weighted by Gasteiger charge is -2.22. The molecule has 1 atom stereocenters. The minimum atomic E-state index is -0.00804. The molecule has 29 heavy (non-hydrogen) atoms. The van der Waals surface area contributed by atoms with Crippen LogP contribution in [0, 0.1) is 13.8 Å². The molecular formula is C22H19N5O2. The highest BCUT2D eigenvalue weighted by Crippen LogP contribution is 2.33. The molecular weight excluding hydrogens is 366 g/mol. The first-order valence-electron chi connectivity index (χ1n) is 9.53. The Balaban J connectivity index is 1.50. The fraction of sp³-hybridized carbons (Fsp3) is 0.227. The van der Waals surface area contributed by atoms with Gasteiger partial charge in [-0.25, -0.2) is 19.9 Å². The van der Waals surface area contributed by atoms with Crippen LogP contribution in [0.5, 0.6) is 0 Å². The van der Waals surface area contributed by atoms with E-state index in [1.165, 1.54) is 0 Å². The van der Waals surface area contributed by atoms with Gasteiger partial charge in [0.25, 0.3) is 0 Å². The summed E-state index contributed by atoms with van der Waals surface area (Å²) in [6.07, 6.45) is 2.67. The van der Waals surface area contributed by atoms with Crippen LogP contribution in [0.3, 0.4) is 0 Å². The van der Waals surface area contributed by atoms with Crippen LogP contribution in [0.15, 0.2) is 47.1 Å². The molecule has 4 aromatic rings. The number of benzene rings is 1. The molecule has 0 bridgehead atoms. The smallest absolute Gasteiger partial charge is 0.230 e. The molecule has 5 rings (SSSR count). The van der Waals surface area contributed by atoms with Crippen LogP contribution in [0.4, 0.5) is 11.9 Å². The third-order valence-corrected chi connectivity index (χ3v) is 5.28. The van der Waals surface area contributed by atoms with Crippen molar-refractivity contribution in [3.63, 3.8) is 0 Å². The number of furan rings is 1. The van der Waals surface area contributed by atoms with E-state index in [1.807, 2.05) is 50.2 Å². The first-order chi connectivity index (χ1) is 14.1. The second-order valence-electron chi connectivity index (χ2n) is 7.27. The molecule has 144 valence electrons. The van der Waals surface area contributed by atoms with E-state index < -0.39 is 0 Å². The van der Waals surface area contributed by atoms with Crippen molar-refractivity contribution in [3.8, 4) is 0 Å². The van der Waals surface area contributed by atoms with Gasteiger partial charge in [-0.15, -0.1) is 0 Å². The van der Waals surface area contributed by atoms with Gasteiger partial charge in [-0.2, -0.15) is 0 Å². The summed E-state index contributed by atoms with van der Waals surface area (Å²) in [4.78, 5) is 30.9. The van der Waals surface area contributed by atoms with Gasteiger partial charge in [-0.05, 0) is 32.0 Å². The van der Waals surface area contributed by atoms with Gasteiger partial charge < -0.3 is 4.42 Å². The summed E-state index contributed by atoms with van der Waals surface area (Å²) in [5.74, 6) is 1.68. The number of carbonyl (C=O) groups is 1. The van der Waals surface area contributed by atoms with E-state index in [-0.39, 0.29) is 11.7 Å². The van der Waals surface area contributed by atoms with E-state index in [0.717, 1.165) is 28.1 Å². The zero-order chi connectivity index (χ0) is 20.0. The van der Waals surface area contributed by atoms with Crippen LogP contribution in [-0.2, 0) is 6.42 Å². The lowest BCUT2D eigenvalue weighted by atomic mass is 9.84. The average molecular weight is 385 g/mol. The molecule has 0 radical (unpaired) electrons. The number of ketones is 1. The number of Topliss-reactive ketones (excluding diaryl/α,β-unsaturated/α-hetero) is 1. The number of rotatable bonds is 3. The Morgan fingerprint density at radius 1 is 0.931 bits per heavy atom. The number of hydrogen-bond acceptors (Lipinski definition) is 7. The van der Waals surface area contributed by atoms with Gasteiger partial charge in [-0.1, -0.05) is 18.2 Å². The number of anilines is 2. The lowest BCUT2D eigenvalue weighted by Crippen LogP contribution is -2.22. The Bertz CT molecular complexity index is 1230. The van der Waals surface area contributed by atoms with E-state index >= 15 is 0 Å². The van der Waals surface area contributed by atoms with Crippen molar-refractivity contribution < 1.29 is 9.21 Å². The molecule has 0 fully saturated rings. The van der Waals surface area contributed by atoms with E-state index in [9.17, 15) is 4.79 Å². The van der Waals surface area contributed by atoms with Crippen molar-refractivity contribution in [3.05, 3.63) is 71.1 Å². The highest BCUT2D eigenvalue weighted by Gasteiger charge is 2.31. The summed E-state index contributed by atoms with van der Waals surface area (Å²) in [6, 6.07) is 11.6. The fourth-order valence-electron chi connectivity index (χ4n) is 3.95. The van der Waals surface area contributed by atoms with Gasteiger partial charge in [0, 0.05) is 24.1 Å². The summed E-state index contributed by atoms with van der Waals surface area (Å²) in [6.45, 7) is 3.78. The minimum Gasteiger partial charge on any atom is -0.469 e. The third kappa shape index (κ3) is 3.14. The highest BCUT2D eigenvalue weighted by atomic mass is 16.3. The number of aromatic nitrogens is 4. The van der Waals surface area contributed by atoms with Crippen molar-refractivity contribution in [1.82, 2.24) is 19.9 Å². The summed E-state index contributed by atoms with van der Waals surface area (Å²) in [5.41, 5.74) is 3.74. The lowest BCUT2D eigenvalue weighted by molar-refractivity contribution is 0.0958. The quantitative estimate of drug-likeness (QED) is 0.562. The maximum absolute atomic E-state index is 12.7. The van der Waals surface area contributed by atoms with Gasteiger partial charge in [0.15, 0.2) is 5.78 Å². The maximum Gasteiger partial charge on any atom is 0.230 e. The topological polar surface area (TPSA) is 93.8 Å². The number of para-hydroxylation sites is 1. The molecule has 0 unspecified atom stereocenters. The van der Waals surface area contributed by atoms with Crippen molar-refractivity contribution in [2.45, 2.75) is 32.6 Å². The first-order valence-corrected chi connectivity index (χ1v) is 9.53. The SMILES string of the molecule is Cc1nc(Nc2nc(C)c3ccccc3n2)nc2c1C(=O)C[C@@H](c1ccco1)C2. The van der Waals surface area contributed by atoms with E-state index in [1.54, 1.807) is 6.26 Å². The normalized spacial score (nSPS) is 16.1. The molecule has 0 aliphatic heterocycles. The average Bonchev–Trinajstić information content (AvgIpc) is 3.22. The zero-order valence-corrected chi connectivity index (χ0v) is 16.1. The summed E-state index contributed by atoms with van der Waals surface area (Å²) < 4.78 is 5.52. The Morgan fingerprint density at radius 2 is 1.72 bits per heavy atom. The van der Waals surface area contributed by atoms with Crippen LogP contribution in [0.25, 0.3) is 10.9 Å². The molecule has 0 saturated carbocycles. The van der Waals surface area contributed by atoms with Crippen molar-refractivity contribution >= 4 is 28.6 Å². The van der Waals surface area contributed by atoms with Crippen LogP contribution >= 0.6 is 0 Å². The van der Waals surface area contributed by atoms with Crippen LogP contribution < -0.4 is 5.32 Å². The Morgan fingerprint density at radius 3 is 2.55 bits per heavy atom. The number of nitrogens with one attached hydrogen (secondary N) is 1. The standard InChI is InChI=1S/C22H19N5O2/c1-12-15-6-3-4-7-16(15)25-21(23-12)27-22-24-13(2)20-17(26-22)10-14(11-18(20)28)19-8-5-9-29-19/h3-9,14H,10-11H2,1-2H3,(H,23,24,25,26,27)/t14-/m0/s1. The second-order valence-corrected chi connectivity index (χ2v) is 7.27. The van der Waals surface area contributed by atoms with Gasteiger partial charge in [0.2, 0.25) is 11.9 Å². The Hall–Kier alpha value is -3.61. The van der Waals surface area contributed by atoms with Crippen molar-refractivity contribution in [2.75, 3.05) is 5.32 Å². The van der Waals surface area contributed by atoms with E-state index in [0.29, 0.717) is 36.0 Å². The Labute approximate surface area is 167 Å². The highest BCUT2D eigenvalue weighted by molar-refractivity contribution is 5.99. The summed E-state index contributed by atoms with van der Waals surface area (Å²) in [7, 11) is 0. The number of nitrogens with zero attached hydrogens (tertiary/aromatic N) is 4. The number of aryl methyl sites for hydroxylation is 2. The molecule has 7 heteroatoms. The fourth-order valence-corrected chi connectivity index (χ4v) is 3.95. The molecule has 0 spiro atoms. The van der Waals surface area contributed by atoms with Crippen LogP contribution in [-0.4, -0.2) is 25.7 Å². The molecule has 3 aromatic heterocycles. The largest absolute Gasteiger partial charge is 0.469 e. The molecule has 3 heterocycles. The predicted octanol–water partition coefficient (Wildman–Crippen LogP) is 4.29. The van der Waals surface area contributed by atoms with E-state index in [2.05, 4.69) is 25.3 Å². The third-order valence-electron chi connectivity index (χ3n) is 5.28. The van der Waals surface area contributed by atoms with Crippen LogP contribution in [0.1, 0.15) is 45.5 Å². The molecule has 0 amide bonds. The van der Waals surface area contributed by atoms with Crippen molar-refractivity contribution in [1.29, 1.82) is 0 Å². The molecule has 1 aliphatic rings. The maximum atomic E-state index is 12.7. The van der Waals surface area contributed by atoms with Gasteiger partial charge in [-0.3, -0.25) is 10.1 Å². The number of hydrogen-bond donors (Lipinski definition) is 1. The monoisotopic (exact) mass is 385 g/mol. The first kappa shape index (κ1) is 17.5. The molecule has 1 aromatic carbocycles. The van der Waals surface area contributed by atoms with Gasteiger partial charge >= 0.3 is 0 Å². The van der Waals surface area contributed by atoms with E-state index in [4.69, 9.17) is 4.42 Å². The van der Waals surface area contributed by atoms with Crippen LogP contribution in [0.2, 0.25) is 0 Å². The second kappa shape index (κ2) is 6.77. The molecule has 1 aliphatic carbocycles. The Kier molecular flexibility index (Phi) is 4.08. The molecule has 7 nitrogen and oxygen atoms in total. The van der Waals surface area contributed by atoms with Gasteiger partial charge in [0.05, 0.1) is 34.4 Å². The number of fused-ring (bicyclic) bond motifs is 2. The minimum absolute atomic E-state index is 0.00804. The van der Waals surface area contributed by atoms with Crippen molar-refractivity contribution in [2.24, 2.45) is 0 Å².